The van der Waals surface area contributed by atoms with E-state index in [1.54, 1.807) is 18.2 Å². The molecule has 152 valence electrons. The summed E-state index contributed by atoms with van der Waals surface area (Å²) in [6.45, 7) is 1.41. The minimum atomic E-state index is -1.09. The molecule has 0 radical (unpaired) electrons. The van der Waals surface area contributed by atoms with Crippen molar-refractivity contribution in [1.82, 2.24) is 0 Å². The third-order valence-corrected chi connectivity index (χ3v) is 4.29. The molecule has 8 nitrogen and oxygen atoms in total. The number of carboxylic acids is 1. The highest BCUT2D eigenvalue weighted by Crippen LogP contribution is 2.40. The highest BCUT2D eigenvalue weighted by molar-refractivity contribution is 6.14. The van der Waals surface area contributed by atoms with Gasteiger partial charge in [0.25, 0.3) is 0 Å². The smallest absolute Gasteiger partial charge is 0.344 e. The van der Waals surface area contributed by atoms with Crippen molar-refractivity contribution in [2.75, 3.05) is 21.3 Å². The number of rotatable bonds is 7. The summed E-state index contributed by atoms with van der Waals surface area (Å²) in [5.74, 6) is 0.632. The first-order valence-electron chi connectivity index (χ1n) is 8.65. The number of hydrogen-bond donors (Lipinski definition) is 1. The average Bonchev–Trinajstić information content (AvgIpc) is 3.01. The van der Waals surface area contributed by atoms with Gasteiger partial charge < -0.3 is 28.8 Å². The highest BCUT2D eigenvalue weighted by Gasteiger charge is 2.28. The van der Waals surface area contributed by atoms with Crippen molar-refractivity contribution in [3.05, 3.63) is 47.2 Å². The number of Topliss-reactive ketones (excluding diaryl/α,β-unsaturated/α-hetero) is 1. The Bertz CT molecular complexity index is 967. The molecular weight excluding hydrogens is 380 g/mol. The number of allylic oxidation sites excluding steroid dienone is 1. The second-order valence-electron chi connectivity index (χ2n) is 6.15. The van der Waals surface area contributed by atoms with E-state index in [1.807, 2.05) is 0 Å². The summed E-state index contributed by atoms with van der Waals surface area (Å²) in [4.78, 5) is 23.6. The normalized spacial score (nSPS) is 14.8. The molecule has 0 unspecified atom stereocenters. The van der Waals surface area contributed by atoms with Gasteiger partial charge in [-0.05, 0) is 42.8 Å². The van der Waals surface area contributed by atoms with E-state index in [4.69, 9.17) is 28.8 Å². The molecule has 1 atom stereocenters. The third kappa shape index (κ3) is 3.96. The van der Waals surface area contributed by atoms with Crippen LogP contribution < -0.4 is 23.7 Å². The largest absolute Gasteiger partial charge is 0.493 e. The molecule has 8 heteroatoms. The molecule has 1 N–H and O–H groups in total. The number of carbonyl (C=O) groups excluding carboxylic acids is 1. The fourth-order valence-electron chi connectivity index (χ4n) is 2.83. The van der Waals surface area contributed by atoms with Gasteiger partial charge in [-0.2, -0.15) is 0 Å². The zero-order valence-corrected chi connectivity index (χ0v) is 16.3. The Morgan fingerprint density at radius 1 is 1.07 bits per heavy atom. The lowest BCUT2D eigenvalue weighted by atomic mass is 10.1. The van der Waals surface area contributed by atoms with Crippen molar-refractivity contribution in [2.24, 2.45) is 0 Å². The Hall–Kier alpha value is -3.68. The quantitative estimate of drug-likeness (QED) is 0.708. The van der Waals surface area contributed by atoms with Gasteiger partial charge in [0.2, 0.25) is 11.5 Å². The summed E-state index contributed by atoms with van der Waals surface area (Å²) in [7, 11) is 4.51. The second-order valence-corrected chi connectivity index (χ2v) is 6.15. The molecule has 0 fully saturated rings. The molecule has 0 spiro atoms. The maximum Gasteiger partial charge on any atom is 0.344 e. The zero-order valence-electron chi connectivity index (χ0n) is 16.3. The molecule has 3 rings (SSSR count). The van der Waals surface area contributed by atoms with Crippen LogP contribution in [0.1, 0.15) is 22.8 Å². The molecule has 0 aromatic heterocycles. The van der Waals surface area contributed by atoms with Crippen molar-refractivity contribution >= 4 is 17.8 Å². The molecule has 0 amide bonds. The number of hydrogen-bond acceptors (Lipinski definition) is 7. The van der Waals surface area contributed by atoms with Crippen LogP contribution in [0.25, 0.3) is 6.08 Å². The van der Waals surface area contributed by atoms with Crippen LogP contribution in [0.5, 0.6) is 28.7 Å². The lowest BCUT2D eigenvalue weighted by Crippen LogP contribution is -2.22. The predicted octanol–water partition coefficient (Wildman–Crippen LogP) is 3.18. The highest BCUT2D eigenvalue weighted by atomic mass is 16.5. The lowest BCUT2D eigenvalue weighted by molar-refractivity contribution is -0.144. The van der Waals surface area contributed by atoms with Gasteiger partial charge in [-0.25, -0.2) is 4.79 Å². The van der Waals surface area contributed by atoms with E-state index in [0.717, 1.165) is 0 Å². The van der Waals surface area contributed by atoms with E-state index < -0.39 is 12.1 Å². The van der Waals surface area contributed by atoms with Crippen LogP contribution >= 0.6 is 0 Å². The van der Waals surface area contributed by atoms with E-state index in [-0.39, 0.29) is 11.5 Å². The Balaban J connectivity index is 1.91. The predicted molar refractivity (Wildman–Crippen MR) is 103 cm³/mol. The number of benzene rings is 2. The van der Waals surface area contributed by atoms with Crippen molar-refractivity contribution in [3.8, 4) is 28.7 Å². The van der Waals surface area contributed by atoms with E-state index in [1.165, 1.54) is 46.5 Å². The fourth-order valence-corrected chi connectivity index (χ4v) is 2.83. The summed E-state index contributed by atoms with van der Waals surface area (Å²) < 4.78 is 26.9. The van der Waals surface area contributed by atoms with E-state index in [9.17, 15) is 9.59 Å². The molecule has 29 heavy (non-hydrogen) atoms. The van der Waals surface area contributed by atoms with E-state index >= 15 is 0 Å². The van der Waals surface area contributed by atoms with Crippen LogP contribution in [0.3, 0.4) is 0 Å². The van der Waals surface area contributed by atoms with Gasteiger partial charge in [0.05, 0.1) is 26.9 Å². The number of fused-ring (bicyclic) bond motifs is 1. The van der Waals surface area contributed by atoms with Gasteiger partial charge >= 0.3 is 5.97 Å². The van der Waals surface area contributed by atoms with Crippen LogP contribution in [-0.4, -0.2) is 44.3 Å². The first kappa shape index (κ1) is 20.1. The molecule has 2 aromatic carbocycles. The summed E-state index contributed by atoms with van der Waals surface area (Å²) in [5.41, 5.74) is 0.977. The molecule has 2 aromatic rings. The van der Waals surface area contributed by atoms with Gasteiger partial charge in [-0.15, -0.1) is 0 Å². The first-order chi connectivity index (χ1) is 13.9. The molecule has 0 saturated heterocycles. The second kappa shape index (κ2) is 8.14. The zero-order chi connectivity index (χ0) is 21.1. The Morgan fingerprint density at radius 2 is 1.72 bits per heavy atom. The average molecular weight is 400 g/mol. The summed E-state index contributed by atoms with van der Waals surface area (Å²) in [5, 5.41) is 8.96. The number of aliphatic carboxylic acids is 1. The lowest BCUT2D eigenvalue weighted by Gasteiger charge is -2.13. The molecule has 0 aliphatic carbocycles. The summed E-state index contributed by atoms with van der Waals surface area (Å²) in [6.07, 6.45) is 0.534. The number of methoxy groups -OCH3 is 3. The van der Waals surface area contributed by atoms with Gasteiger partial charge in [0, 0.05) is 6.07 Å². The number of ketones is 1. The topological polar surface area (TPSA) is 101 Å². The van der Waals surface area contributed by atoms with Gasteiger partial charge in [-0.3, -0.25) is 4.79 Å². The third-order valence-electron chi connectivity index (χ3n) is 4.29. The molecule has 1 aliphatic rings. The van der Waals surface area contributed by atoms with E-state index in [0.29, 0.717) is 39.9 Å². The fraction of sp³-hybridized carbons (Fsp3) is 0.238. The van der Waals surface area contributed by atoms with Gasteiger partial charge in [-0.1, -0.05) is 0 Å². The maximum absolute atomic E-state index is 12.7. The van der Waals surface area contributed by atoms with Crippen molar-refractivity contribution in [2.45, 2.75) is 13.0 Å². The minimum Gasteiger partial charge on any atom is -0.493 e. The monoisotopic (exact) mass is 400 g/mol. The Labute approximate surface area is 167 Å². The van der Waals surface area contributed by atoms with Crippen LogP contribution in [0.15, 0.2) is 36.1 Å². The standard InChI is InChI=1S/C21H20O8/c1-11(21(23)24)28-13-5-6-14-15(10-13)29-16(19(14)22)7-12-8-17(25-2)20(27-4)18(9-12)26-3/h5-11H,1-4H3,(H,23,24)/b16-7-/t11-/m1/s1. The van der Waals surface area contributed by atoms with Gasteiger partial charge in [0.1, 0.15) is 11.5 Å². The number of carbonyl (C=O) groups is 2. The van der Waals surface area contributed by atoms with E-state index in [2.05, 4.69) is 0 Å². The van der Waals surface area contributed by atoms with Crippen LogP contribution in [0, 0.1) is 0 Å². The van der Waals surface area contributed by atoms with Crippen LogP contribution in [0.4, 0.5) is 0 Å². The number of ether oxygens (including phenoxy) is 5. The Morgan fingerprint density at radius 3 is 2.28 bits per heavy atom. The molecule has 1 heterocycles. The van der Waals surface area contributed by atoms with Gasteiger partial charge in [0.15, 0.2) is 23.4 Å². The molecule has 1 aliphatic heterocycles. The first-order valence-corrected chi connectivity index (χ1v) is 8.65. The number of carboxylic acid groups (broad SMARTS) is 1. The minimum absolute atomic E-state index is 0.109. The van der Waals surface area contributed by atoms with Crippen molar-refractivity contribution in [1.29, 1.82) is 0 Å². The molecule has 0 bridgehead atoms. The summed E-state index contributed by atoms with van der Waals surface area (Å²) in [6, 6.07) is 7.94. The Kier molecular flexibility index (Phi) is 5.63. The van der Waals surface area contributed by atoms with Crippen LogP contribution in [-0.2, 0) is 4.79 Å². The van der Waals surface area contributed by atoms with Crippen molar-refractivity contribution in [3.63, 3.8) is 0 Å². The molecular formula is C21H20O8. The SMILES string of the molecule is COc1cc(/C=C2\Oc3cc(O[C@H](C)C(=O)O)ccc3C2=O)cc(OC)c1OC. The van der Waals surface area contributed by atoms with Crippen LogP contribution in [0.2, 0.25) is 0 Å². The molecule has 0 saturated carbocycles. The van der Waals surface area contributed by atoms with Crippen molar-refractivity contribution < 1.29 is 38.4 Å². The maximum atomic E-state index is 12.7. The summed E-state index contributed by atoms with van der Waals surface area (Å²) >= 11 is 0.